The van der Waals surface area contributed by atoms with Crippen molar-refractivity contribution in [2.24, 2.45) is 5.73 Å². The van der Waals surface area contributed by atoms with E-state index >= 15 is 0 Å². The van der Waals surface area contributed by atoms with Crippen molar-refractivity contribution in [3.8, 4) is 0 Å². The summed E-state index contributed by atoms with van der Waals surface area (Å²) in [5.74, 6) is 0.174. The molecule has 0 saturated heterocycles. The van der Waals surface area contributed by atoms with Crippen LogP contribution in [0.25, 0.3) is 0 Å². The van der Waals surface area contributed by atoms with Crippen LogP contribution in [0, 0.1) is 12.3 Å². The van der Waals surface area contributed by atoms with E-state index in [1.807, 2.05) is 13.0 Å². The SMILES string of the molecule is CCN(c1ccc(C)cc1C(=N)N)C1CCCCC1. The van der Waals surface area contributed by atoms with Gasteiger partial charge in [0.2, 0.25) is 0 Å². The lowest BCUT2D eigenvalue weighted by atomic mass is 9.93. The topological polar surface area (TPSA) is 53.1 Å². The van der Waals surface area contributed by atoms with Crippen molar-refractivity contribution < 1.29 is 0 Å². The van der Waals surface area contributed by atoms with Crippen LogP contribution in [0.5, 0.6) is 0 Å². The van der Waals surface area contributed by atoms with Gasteiger partial charge in [-0.2, -0.15) is 0 Å². The van der Waals surface area contributed by atoms with E-state index in [2.05, 4.69) is 24.0 Å². The quantitative estimate of drug-likeness (QED) is 0.643. The van der Waals surface area contributed by atoms with Crippen molar-refractivity contribution in [3.63, 3.8) is 0 Å². The van der Waals surface area contributed by atoms with Crippen LogP contribution in [0.3, 0.4) is 0 Å². The monoisotopic (exact) mass is 259 g/mol. The molecule has 1 aromatic carbocycles. The largest absolute Gasteiger partial charge is 0.384 e. The minimum atomic E-state index is 0.174. The van der Waals surface area contributed by atoms with E-state index in [1.165, 1.54) is 32.1 Å². The summed E-state index contributed by atoms with van der Waals surface area (Å²) in [5, 5.41) is 7.81. The molecule has 0 amide bonds. The molecule has 1 fully saturated rings. The van der Waals surface area contributed by atoms with Gasteiger partial charge in [0.25, 0.3) is 0 Å². The number of nitrogens with two attached hydrogens (primary N) is 1. The average Bonchev–Trinajstić information content (AvgIpc) is 2.42. The van der Waals surface area contributed by atoms with Gasteiger partial charge in [-0.05, 0) is 38.8 Å². The molecular weight excluding hydrogens is 234 g/mol. The predicted molar refractivity (Wildman–Crippen MR) is 82.1 cm³/mol. The van der Waals surface area contributed by atoms with Crippen LogP contribution in [0.1, 0.15) is 50.2 Å². The highest BCUT2D eigenvalue weighted by atomic mass is 15.2. The van der Waals surface area contributed by atoms with Gasteiger partial charge in [-0.1, -0.05) is 30.9 Å². The zero-order chi connectivity index (χ0) is 13.8. The van der Waals surface area contributed by atoms with Crippen molar-refractivity contribution in [1.82, 2.24) is 0 Å². The second-order valence-electron chi connectivity index (χ2n) is 5.51. The van der Waals surface area contributed by atoms with Crippen LogP contribution in [0.15, 0.2) is 18.2 Å². The zero-order valence-corrected chi connectivity index (χ0v) is 12.1. The molecule has 0 unspecified atom stereocenters. The normalized spacial score (nSPS) is 16.3. The van der Waals surface area contributed by atoms with Gasteiger partial charge in [0.1, 0.15) is 5.84 Å². The number of rotatable bonds is 4. The first kappa shape index (κ1) is 13.9. The second kappa shape index (κ2) is 6.09. The van der Waals surface area contributed by atoms with Gasteiger partial charge in [-0.25, -0.2) is 0 Å². The maximum absolute atomic E-state index is 7.81. The molecule has 0 spiro atoms. The third kappa shape index (κ3) is 3.09. The lowest BCUT2D eigenvalue weighted by Gasteiger charge is -2.36. The number of nitrogen functional groups attached to an aromatic ring is 1. The fraction of sp³-hybridized carbons (Fsp3) is 0.562. The Bertz CT molecular complexity index is 447. The molecule has 0 radical (unpaired) electrons. The van der Waals surface area contributed by atoms with Gasteiger partial charge in [0.15, 0.2) is 0 Å². The standard InChI is InChI=1S/C16H25N3/c1-3-19(13-7-5-4-6-8-13)15-10-9-12(2)11-14(15)16(17)18/h9-11,13H,3-8H2,1-2H3,(H3,17,18). The Morgan fingerprint density at radius 3 is 2.58 bits per heavy atom. The Kier molecular flexibility index (Phi) is 4.46. The van der Waals surface area contributed by atoms with E-state index in [-0.39, 0.29) is 5.84 Å². The second-order valence-corrected chi connectivity index (χ2v) is 5.51. The van der Waals surface area contributed by atoms with Crippen molar-refractivity contribution in [2.75, 3.05) is 11.4 Å². The Morgan fingerprint density at radius 1 is 1.32 bits per heavy atom. The first-order chi connectivity index (χ1) is 9.13. The van der Waals surface area contributed by atoms with E-state index in [9.17, 15) is 0 Å². The van der Waals surface area contributed by atoms with Crippen LogP contribution >= 0.6 is 0 Å². The van der Waals surface area contributed by atoms with E-state index < -0.39 is 0 Å². The number of amidine groups is 1. The molecule has 3 heteroatoms. The molecular formula is C16H25N3. The Labute approximate surface area is 116 Å². The summed E-state index contributed by atoms with van der Waals surface area (Å²) in [6, 6.07) is 6.89. The molecule has 1 aromatic rings. The smallest absolute Gasteiger partial charge is 0.124 e. The summed E-state index contributed by atoms with van der Waals surface area (Å²) in [5.41, 5.74) is 8.94. The first-order valence-corrected chi connectivity index (χ1v) is 7.35. The lowest BCUT2D eigenvalue weighted by molar-refractivity contribution is 0.418. The lowest BCUT2D eigenvalue weighted by Crippen LogP contribution is -2.38. The fourth-order valence-corrected chi connectivity index (χ4v) is 3.13. The molecule has 104 valence electrons. The highest BCUT2D eigenvalue weighted by Gasteiger charge is 2.22. The molecule has 2 rings (SSSR count). The summed E-state index contributed by atoms with van der Waals surface area (Å²) in [6.07, 6.45) is 6.53. The number of nitrogens with zero attached hydrogens (tertiary/aromatic N) is 1. The molecule has 0 aliphatic heterocycles. The predicted octanol–water partition coefficient (Wildman–Crippen LogP) is 3.44. The number of aryl methyl sites for hydroxylation is 1. The van der Waals surface area contributed by atoms with E-state index in [0.29, 0.717) is 6.04 Å². The Hall–Kier alpha value is -1.51. The zero-order valence-electron chi connectivity index (χ0n) is 12.1. The summed E-state index contributed by atoms with van der Waals surface area (Å²) in [6.45, 7) is 5.22. The van der Waals surface area contributed by atoms with Crippen LogP contribution in [-0.4, -0.2) is 18.4 Å². The summed E-state index contributed by atoms with van der Waals surface area (Å²) in [4.78, 5) is 2.44. The number of nitrogens with one attached hydrogen (secondary N) is 1. The minimum Gasteiger partial charge on any atom is -0.384 e. The maximum Gasteiger partial charge on any atom is 0.124 e. The third-order valence-electron chi connectivity index (χ3n) is 4.11. The molecule has 0 bridgehead atoms. The van der Waals surface area contributed by atoms with Gasteiger partial charge in [0, 0.05) is 23.8 Å². The average molecular weight is 259 g/mol. The third-order valence-corrected chi connectivity index (χ3v) is 4.11. The molecule has 1 aliphatic rings. The van der Waals surface area contributed by atoms with Gasteiger partial charge in [-0.15, -0.1) is 0 Å². The summed E-state index contributed by atoms with van der Waals surface area (Å²) < 4.78 is 0. The van der Waals surface area contributed by atoms with Crippen LogP contribution in [0.4, 0.5) is 5.69 Å². The maximum atomic E-state index is 7.81. The van der Waals surface area contributed by atoms with Gasteiger partial charge in [-0.3, -0.25) is 5.41 Å². The van der Waals surface area contributed by atoms with Crippen molar-refractivity contribution >= 4 is 11.5 Å². The van der Waals surface area contributed by atoms with Gasteiger partial charge >= 0.3 is 0 Å². The number of benzene rings is 1. The molecule has 3 N–H and O–H groups in total. The molecule has 1 saturated carbocycles. The summed E-state index contributed by atoms with van der Waals surface area (Å²) in [7, 11) is 0. The van der Waals surface area contributed by atoms with E-state index in [4.69, 9.17) is 11.1 Å². The fourth-order valence-electron chi connectivity index (χ4n) is 3.13. The molecule has 1 aliphatic carbocycles. The minimum absolute atomic E-state index is 0.174. The summed E-state index contributed by atoms with van der Waals surface area (Å²) >= 11 is 0. The van der Waals surface area contributed by atoms with Crippen LogP contribution in [0.2, 0.25) is 0 Å². The van der Waals surface area contributed by atoms with Crippen molar-refractivity contribution in [2.45, 2.75) is 52.0 Å². The van der Waals surface area contributed by atoms with Gasteiger partial charge < -0.3 is 10.6 Å². The van der Waals surface area contributed by atoms with E-state index in [0.717, 1.165) is 23.4 Å². The number of anilines is 1. The highest BCUT2D eigenvalue weighted by Crippen LogP contribution is 2.30. The van der Waals surface area contributed by atoms with Crippen molar-refractivity contribution in [1.29, 1.82) is 5.41 Å². The number of hydrogen-bond donors (Lipinski definition) is 2. The van der Waals surface area contributed by atoms with Crippen LogP contribution in [-0.2, 0) is 0 Å². The number of hydrogen-bond acceptors (Lipinski definition) is 2. The Balaban J connectivity index is 2.34. The van der Waals surface area contributed by atoms with Crippen molar-refractivity contribution in [3.05, 3.63) is 29.3 Å². The Morgan fingerprint density at radius 2 is 2.00 bits per heavy atom. The highest BCUT2D eigenvalue weighted by molar-refractivity contribution is 6.00. The molecule has 0 atom stereocenters. The van der Waals surface area contributed by atoms with E-state index in [1.54, 1.807) is 0 Å². The first-order valence-electron chi connectivity index (χ1n) is 7.35. The molecule has 0 heterocycles. The molecule has 19 heavy (non-hydrogen) atoms. The molecule has 0 aromatic heterocycles. The molecule has 3 nitrogen and oxygen atoms in total. The van der Waals surface area contributed by atoms with Gasteiger partial charge in [0.05, 0.1) is 0 Å². The van der Waals surface area contributed by atoms with Crippen LogP contribution < -0.4 is 10.6 Å².